The predicted octanol–water partition coefficient (Wildman–Crippen LogP) is 3.95. The van der Waals surface area contributed by atoms with Crippen molar-refractivity contribution < 1.29 is 0 Å². The Balaban J connectivity index is 2.16. The fraction of sp³-hybridized carbons (Fsp3) is 0. The second-order valence-corrected chi connectivity index (χ2v) is 5.26. The molecule has 2 aromatic heterocycles. The third-order valence-electron chi connectivity index (χ3n) is 2.56. The van der Waals surface area contributed by atoms with Crippen molar-refractivity contribution in [3.05, 3.63) is 51.4 Å². The van der Waals surface area contributed by atoms with Crippen LogP contribution in [0, 0.1) is 3.57 Å². The van der Waals surface area contributed by atoms with E-state index in [-0.39, 0.29) is 0 Å². The van der Waals surface area contributed by atoms with E-state index in [1.807, 2.05) is 30.3 Å². The van der Waals surface area contributed by atoms with E-state index in [0.29, 0.717) is 11.0 Å². The number of aromatic nitrogens is 3. The number of halogens is 2. The summed E-state index contributed by atoms with van der Waals surface area (Å²) in [6.07, 6.45) is 3.50. The summed E-state index contributed by atoms with van der Waals surface area (Å²) >= 11 is 8.12. The van der Waals surface area contributed by atoms with Crippen LogP contribution in [0.4, 0.5) is 0 Å². The van der Waals surface area contributed by atoms with Crippen molar-refractivity contribution in [1.29, 1.82) is 0 Å². The van der Waals surface area contributed by atoms with Crippen molar-refractivity contribution in [1.82, 2.24) is 15.0 Å². The highest BCUT2D eigenvalue weighted by atomic mass is 127. The average molecular weight is 368 g/mol. The van der Waals surface area contributed by atoms with E-state index < -0.39 is 0 Å². The standard InChI is InChI=1S/C13H7ClIN3/c14-12-10(15)7-17-13(18-12)9-3-4-11-8(6-9)2-1-5-16-11/h1-7H. The van der Waals surface area contributed by atoms with Gasteiger partial charge in [0.05, 0.1) is 9.09 Å². The van der Waals surface area contributed by atoms with Crippen molar-refractivity contribution in [3.8, 4) is 11.4 Å². The van der Waals surface area contributed by atoms with Crippen LogP contribution in [0.5, 0.6) is 0 Å². The molecule has 3 nitrogen and oxygen atoms in total. The number of benzene rings is 1. The summed E-state index contributed by atoms with van der Waals surface area (Å²) in [7, 11) is 0. The number of rotatable bonds is 1. The monoisotopic (exact) mass is 367 g/mol. The van der Waals surface area contributed by atoms with Crippen LogP contribution in [0.1, 0.15) is 0 Å². The molecule has 0 radical (unpaired) electrons. The van der Waals surface area contributed by atoms with Crippen LogP contribution >= 0.6 is 34.2 Å². The third-order valence-corrected chi connectivity index (χ3v) is 3.96. The Hall–Kier alpha value is -1.27. The molecule has 0 aliphatic heterocycles. The fourth-order valence-corrected chi connectivity index (χ4v) is 2.09. The van der Waals surface area contributed by atoms with Gasteiger partial charge in [0, 0.05) is 23.3 Å². The Morgan fingerprint density at radius 2 is 2.00 bits per heavy atom. The molecular formula is C13H7ClIN3. The lowest BCUT2D eigenvalue weighted by Gasteiger charge is -2.03. The smallest absolute Gasteiger partial charge is 0.160 e. The molecule has 0 N–H and O–H groups in total. The van der Waals surface area contributed by atoms with E-state index in [1.165, 1.54) is 0 Å². The molecule has 1 aromatic carbocycles. The third kappa shape index (κ3) is 2.18. The highest BCUT2D eigenvalue weighted by Crippen LogP contribution is 2.23. The SMILES string of the molecule is Clc1nc(-c2ccc3ncccc3c2)ncc1I. The zero-order valence-corrected chi connectivity index (χ0v) is 12.1. The molecule has 0 aliphatic carbocycles. The van der Waals surface area contributed by atoms with Crippen LogP contribution < -0.4 is 0 Å². The van der Waals surface area contributed by atoms with Crippen LogP contribution in [0.2, 0.25) is 5.15 Å². The van der Waals surface area contributed by atoms with E-state index in [4.69, 9.17) is 11.6 Å². The first-order valence-electron chi connectivity index (χ1n) is 5.27. The minimum absolute atomic E-state index is 0.479. The van der Waals surface area contributed by atoms with E-state index in [2.05, 4.69) is 37.5 Å². The molecule has 0 amide bonds. The first-order valence-corrected chi connectivity index (χ1v) is 6.73. The summed E-state index contributed by atoms with van der Waals surface area (Å²) < 4.78 is 0.848. The molecule has 3 rings (SSSR count). The van der Waals surface area contributed by atoms with Gasteiger partial charge in [0.2, 0.25) is 0 Å². The van der Waals surface area contributed by atoms with Gasteiger partial charge >= 0.3 is 0 Å². The van der Waals surface area contributed by atoms with Gasteiger partial charge in [-0.2, -0.15) is 0 Å². The van der Waals surface area contributed by atoms with Crippen molar-refractivity contribution in [2.75, 3.05) is 0 Å². The van der Waals surface area contributed by atoms with Gasteiger partial charge in [0.1, 0.15) is 5.15 Å². The minimum Gasteiger partial charge on any atom is -0.256 e. The molecular weight excluding hydrogens is 361 g/mol. The fourth-order valence-electron chi connectivity index (χ4n) is 1.70. The van der Waals surface area contributed by atoms with Crippen molar-refractivity contribution in [2.45, 2.75) is 0 Å². The molecule has 5 heteroatoms. The zero-order valence-electron chi connectivity index (χ0n) is 9.14. The minimum atomic E-state index is 0.479. The summed E-state index contributed by atoms with van der Waals surface area (Å²) in [6.45, 7) is 0. The lowest BCUT2D eigenvalue weighted by Crippen LogP contribution is -1.91. The van der Waals surface area contributed by atoms with Gasteiger partial charge < -0.3 is 0 Å². The second-order valence-electron chi connectivity index (χ2n) is 3.74. The Kier molecular flexibility index (Phi) is 3.13. The number of hydrogen-bond acceptors (Lipinski definition) is 3. The topological polar surface area (TPSA) is 38.7 Å². The molecule has 0 atom stereocenters. The Morgan fingerprint density at radius 3 is 2.83 bits per heavy atom. The summed E-state index contributed by atoms with van der Waals surface area (Å²) in [5, 5.41) is 1.54. The van der Waals surface area contributed by atoms with Crippen molar-refractivity contribution in [2.24, 2.45) is 0 Å². The molecule has 0 bridgehead atoms. The van der Waals surface area contributed by atoms with Gasteiger partial charge in [-0.05, 0) is 46.9 Å². The summed E-state index contributed by atoms with van der Waals surface area (Å²) in [4.78, 5) is 12.8. The van der Waals surface area contributed by atoms with Crippen molar-refractivity contribution in [3.63, 3.8) is 0 Å². The van der Waals surface area contributed by atoms with Gasteiger partial charge in [-0.1, -0.05) is 17.7 Å². The number of hydrogen-bond donors (Lipinski definition) is 0. The Bertz CT molecular complexity index is 730. The normalized spacial score (nSPS) is 10.8. The van der Waals surface area contributed by atoms with Crippen molar-refractivity contribution >= 4 is 45.1 Å². The second kappa shape index (κ2) is 4.78. The molecule has 3 aromatic rings. The highest BCUT2D eigenvalue weighted by molar-refractivity contribution is 14.1. The lowest BCUT2D eigenvalue weighted by molar-refractivity contribution is 1.16. The summed E-state index contributed by atoms with van der Waals surface area (Å²) in [5.74, 6) is 0.631. The van der Waals surface area contributed by atoms with Gasteiger partial charge in [-0.3, -0.25) is 4.98 Å². The van der Waals surface area contributed by atoms with Gasteiger partial charge in [0.15, 0.2) is 5.82 Å². The van der Waals surface area contributed by atoms with E-state index in [9.17, 15) is 0 Å². The van der Waals surface area contributed by atoms with E-state index in [0.717, 1.165) is 20.0 Å². The number of nitrogens with zero attached hydrogens (tertiary/aromatic N) is 3. The molecule has 0 aliphatic rings. The largest absolute Gasteiger partial charge is 0.256 e. The average Bonchev–Trinajstić information content (AvgIpc) is 2.41. The maximum Gasteiger partial charge on any atom is 0.160 e. The molecule has 0 unspecified atom stereocenters. The summed E-state index contributed by atoms with van der Waals surface area (Å²) in [6, 6.07) is 9.85. The Morgan fingerprint density at radius 1 is 1.11 bits per heavy atom. The molecule has 0 saturated heterocycles. The molecule has 2 heterocycles. The number of fused-ring (bicyclic) bond motifs is 1. The first-order chi connectivity index (χ1) is 8.74. The Labute approximate surface area is 122 Å². The van der Waals surface area contributed by atoms with Crippen LogP contribution in [0.15, 0.2) is 42.7 Å². The lowest BCUT2D eigenvalue weighted by atomic mass is 10.1. The quantitative estimate of drug-likeness (QED) is 0.483. The molecule has 0 fully saturated rings. The van der Waals surface area contributed by atoms with Gasteiger partial charge in [0.25, 0.3) is 0 Å². The molecule has 0 saturated carbocycles. The van der Waals surface area contributed by atoms with E-state index in [1.54, 1.807) is 12.4 Å². The number of pyridine rings is 1. The molecule has 88 valence electrons. The highest BCUT2D eigenvalue weighted by Gasteiger charge is 2.06. The maximum atomic E-state index is 6.01. The predicted molar refractivity (Wildman–Crippen MR) is 80.5 cm³/mol. The zero-order chi connectivity index (χ0) is 12.5. The van der Waals surface area contributed by atoms with Crippen LogP contribution in [-0.4, -0.2) is 15.0 Å². The summed E-state index contributed by atoms with van der Waals surface area (Å²) in [5.41, 5.74) is 1.90. The molecule has 0 spiro atoms. The maximum absolute atomic E-state index is 6.01. The van der Waals surface area contributed by atoms with Crippen LogP contribution in [-0.2, 0) is 0 Å². The van der Waals surface area contributed by atoms with Gasteiger partial charge in [-0.15, -0.1) is 0 Å². The first kappa shape index (κ1) is 11.8. The van der Waals surface area contributed by atoms with Gasteiger partial charge in [-0.25, -0.2) is 9.97 Å². The van der Waals surface area contributed by atoms with Crippen LogP contribution in [0.3, 0.4) is 0 Å². The van der Waals surface area contributed by atoms with Crippen LogP contribution in [0.25, 0.3) is 22.3 Å². The van der Waals surface area contributed by atoms with E-state index >= 15 is 0 Å². The molecule has 18 heavy (non-hydrogen) atoms.